The zero-order chi connectivity index (χ0) is 12.8. The number of benzene rings is 1. The van der Waals surface area contributed by atoms with Crippen molar-refractivity contribution in [3.8, 4) is 0 Å². The second-order valence-electron chi connectivity index (χ2n) is 4.52. The van der Waals surface area contributed by atoms with Crippen molar-refractivity contribution < 1.29 is 4.79 Å². The highest BCUT2D eigenvalue weighted by molar-refractivity contribution is 5.97. The molecule has 94 valence electrons. The van der Waals surface area contributed by atoms with Crippen molar-refractivity contribution in [2.75, 3.05) is 19.6 Å². The lowest BCUT2D eigenvalue weighted by Gasteiger charge is -2.17. The molecule has 1 rings (SSSR count). The van der Waals surface area contributed by atoms with Crippen LogP contribution in [0.5, 0.6) is 0 Å². The van der Waals surface area contributed by atoms with E-state index < -0.39 is 0 Å². The Bertz CT molecular complexity index is 381. The first-order valence-corrected chi connectivity index (χ1v) is 6.41. The minimum absolute atomic E-state index is 0.259. The number of nitrogens with zero attached hydrogens (tertiary/aromatic N) is 1. The molecular weight excluding hydrogens is 210 g/mol. The third kappa shape index (κ3) is 3.97. The first kappa shape index (κ1) is 13.9. The number of hydrogen-bond donors (Lipinski definition) is 0. The fourth-order valence-corrected chi connectivity index (χ4v) is 2.06. The van der Waals surface area contributed by atoms with Crippen molar-refractivity contribution in [3.63, 3.8) is 0 Å². The van der Waals surface area contributed by atoms with Gasteiger partial charge in [0.15, 0.2) is 5.78 Å². The summed E-state index contributed by atoms with van der Waals surface area (Å²) in [6, 6.07) is 6.04. The van der Waals surface area contributed by atoms with Crippen LogP contribution in [0.2, 0.25) is 0 Å². The molecule has 0 aromatic heterocycles. The van der Waals surface area contributed by atoms with Crippen LogP contribution >= 0.6 is 0 Å². The van der Waals surface area contributed by atoms with Crippen LogP contribution in [0.1, 0.15) is 41.8 Å². The average molecular weight is 233 g/mol. The zero-order valence-corrected chi connectivity index (χ0v) is 11.4. The number of carbonyl (C=O) groups is 1. The van der Waals surface area contributed by atoms with E-state index in [0.29, 0.717) is 6.42 Å². The maximum atomic E-state index is 12.1. The second kappa shape index (κ2) is 6.55. The van der Waals surface area contributed by atoms with Gasteiger partial charge in [-0.05, 0) is 32.5 Å². The van der Waals surface area contributed by atoms with E-state index in [1.54, 1.807) is 0 Å². The van der Waals surface area contributed by atoms with Gasteiger partial charge in [-0.2, -0.15) is 0 Å². The molecule has 0 bridgehead atoms. The summed E-state index contributed by atoms with van der Waals surface area (Å²) in [4.78, 5) is 14.4. The third-order valence-corrected chi connectivity index (χ3v) is 3.23. The smallest absolute Gasteiger partial charge is 0.164 e. The number of aryl methyl sites for hydroxylation is 2. The molecule has 0 radical (unpaired) electrons. The first-order chi connectivity index (χ1) is 8.08. The van der Waals surface area contributed by atoms with Crippen molar-refractivity contribution in [2.24, 2.45) is 0 Å². The van der Waals surface area contributed by atoms with Crippen molar-refractivity contribution in [2.45, 2.75) is 34.1 Å². The van der Waals surface area contributed by atoms with Crippen LogP contribution in [0.4, 0.5) is 0 Å². The van der Waals surface area contributed by atoms with Gasteiger partial charge in [0.25, 0.3) is 0 Å². The molecule has 17 heavy (non-hydrogen) atoms. The number of carbonyl (C=O) groups excluding carboxylic acids is 1. The van der Waals surface area contributed by atoms with Crippen LogP contribution in [-0.2, 0) is 0 Å². The predicted octanol–water partition coefficient (Wildman–Crippen LogP) is 3.22. The monoisotopic (exact) mass is 233 g/mol. The van der Waals surface area contributed by atoms with E-state index in [2.05, 4.69) is 31.7 Å². The van der Waals surface area contributed by atoms with Gasteiger partial charge < -0.3 is 4.90 Å². The fourth-order valence-electron chi connectivity index (χ4n) is 2.06. The number of rotatable bonds is 6. The Labute approximate surface area is 105 Å². The summed E-state index contributed by atoms with van der Waals surface area (Å²) in [6.07, 6.45) is 0.617. The van der Waals surface area contributed by atoms with Gasteiger partial charge in [0.2, 0.25) is 0 Å². The number of hydrogen-bond acceptors (Lipinski definition) is 2. The van der Waals surface area contributed by atoms with E-state index in [0.717, 1.165) is 30.8 Å². The van der Waals surface area contributed by atoms with Crippen molar-refractivity contribution in [1.29, 1.82) is 0 Å². The van der Waals surface area contributed by atoms with Crippen LogP contribution in [0.15, 0.2) is 18.2 Å². The largest absolute Gasteiger partial charge is 0.303 e. The zero-order valence-electron chi connectivity index (χ0n) is 11.4. The van der Waals surface area contributed by atoms with E-state index >= 15 is 0 Å². The lowest BCUT2D eigenvalue weighted by Crippen LogP contribution is -2.25. The maximum absolute atomic E-state index is 12.1. The highest BCUT2D eigenvalue weighted by Crippen LogP contribution is 2.13. The second-order valence-corrected chi connectivity index (χ2v) is 4.52. The Balaban J connectivity index is 2.64. The van der Waals surface area contributed by atoms with Crippen molar-refractivity contribution in [3.05, 3.63) is 34.9 Å². The van der Waals surface area contributed by atoms with Gasteiger partial charge in [0.05, 0.1) is 0 Å². The summed E-state index contributed by atoms with van der Waals surface area (Å²) in [6.45, 7) is 11.2. The Kier molecular flexibility index (Phi) is 5.36. The molecule has 0 N–H and O–H groups in total. The summed E-state index contributed by atoms with van der Waals surface area (Å²) in [5.74, 6) is 0.259. The molecule has 0 saturated carbocycles. The summed E-state index contributed by atoms with van der Waals surface area (Å²) >= 11 is 0. The molecule has 2 nitrogen and oxygen atoms in total. The van der Waals surface area contributed by atoms with E-state index in [1.165, 1.54) is 5.56 Å². The molecule has 0 atom stereocenters. The molecular formula is C15H23NO. The van der Waals surface area contributed by atoms with Crippen molar-refractivity contribution in [1.82, 2.24) is 4.90 Å². The molecule has 0 saturated heterocycles. The van der Waals surface area contributed by atoms with E-state index in [-0.39, 0.29) is 5.78 Å². The van der Waals surface area contributed by atoms with Crippen LogP contribution in [0, 0.1) is 13.8 Å². The Morgan fingerprint density at radius 2 is 1.82 bits per heavy atom. The molecule has 0 unspecified atom stereocenters. The summed E-state index contributed by atoms with van der Waals surface area (Å²) in [5.41, 5.74) is 3.18. The first-order valence-electron chi connectivity index (χ1n) is 6.41. The van der Waals surface area contributed by atoms with Gasteiger partial charge in [-0.25, -0.2) is 0 Å². The summed E-state index contributed by atoms with van der Waals surface area (Å²) in [7, 11) is 0. The SMILES string of the molecule is CCN(CC)CCC(=O)c1ccc(C)cc1C. The predicted molar refractivity (Wildman–Crippen MR) is 72.7 cm³/mol. The fraction of sp³-hybridized carbons (Fsp3) is 0.533. The quantitative estimate of drug-likeness (QED) is 0.703. The molecule has 0 aliphatic rings. The Morgan fingerprint density at radius 3 is 2.35 bits per heavy atom. The van der Waals surface area contributed by atoms with Crippen molar-refractivity contribution >= 4 is 5.78 Å². The molecule has 1 aromatic rings. The molecule has 0 fully saturated rings. The highest BCUT2D eigenvalue weighted by Gasteiger charge is 2.10. The van der Waals surface area contributed by atoms with E-state index in [4.69, 9.17) is 0 Å². The van der Waals surface area contributed by atoms with Gasteiger partial charge in [-0.15, -0.1) is 0 Å². The molecule has 0 amide bonds. The highest BCUT2D eigenvalue weighted by atomic mass is 16.1. The van der Waals surface area contributed by atoms with Gasteiger partial charge >= 0.3 is 0 Å². The molecule has 0 spiro atoms. The van der Waals surface area contributed by atoms with E-state index in [9.17, 15) is 4.79 Å². The minimum atomic E-state index is 0.259. The lowest BCUT2D eigenvalue weighted by atomic mass is 10.0. The van der Waals surface area contributed by atoms with Gasteiger partial charge in [-0.1, -0.05) is 37.6 Å². The number of ketones is 1. The summed E-state index contributed by atoms with van der Waals surface area (Å²) in [5, 5.41) is 0. The lowest BCUT2D eigenvalue weighted by molar-refractivity contribution is 0.0966. The van der Waals surface area contributed by atoms with Crippen LogP contribution in [-0.4, -0.2) is 30.3 Å². The molecule has 0 heterocycles. The third-order valence-electron chi connectivity index (χ3n) is 3.23. The van der Waals surface area contributed by atoms with Gasteiger partial charge in [-0.3, -0.25) is 4.79 Å². The van der Waals surface area contributed by atoms with Gasteiger partial charge in [0, 0.05) is 18.5 Å². The summed E-state index contributed by atoms with van der Waals surface area (Å²) < 4.78 is 0. The Morgan fingerprint density at radius 1 is 1.18 bits per heavy atom. The van der Waals surface area contributed by atoms with Crippen LogP contribution < -0.4 is 0 Å². The number of Topliss-reactive ketones (excluding diaryl/α,β-unsaturated/α-hetero) is 1. The van der Waals surface area contributed by atoms with E-state index in [1.807, 2.05) is 19.1 Å². The molecule has 1 aromatic carbocycles. The minimum Gasteiger partial charge on any atom is -0.303 e. The van der Waals surface area contributed by atoms with Crippen LogP contribution in [0.25, 0.3) is 0 Å². The standard InChI is InChI=1S/C15H23NO/c1-5-16(6-2)10-9-15(17)14-8-7-12(3)11-13(14)4/h7-8,11H,5-6,9-10H2,1-4H3. The normalized spacial score (nSPS) is 10.9. The maximum Gasteiger partial charge on any atom is 0.164 e. The van der Waals surface area contributed by atoms with Gasteiger partial charge in [0.1, 0.15) is 0 Å². The molecule has 0 aliphatic heterocycles. The molecule has 0 aliphatic carbocycles. The Hall–Kier alpha value is -1.15. The van der Waals surface area contributed by atoms with Crippen LogP contribution in [0.3, 0.4) is 0 Å². The topological polar surface area (TPSA) is 20.3 Å². The molecule has 2 heteroatoms. The average Bonchev–Trinajstić information content (AvgIpc) is 2.30.